The van der Waals surface area contributed by atoms with Gasteiger partial charge in [-0.1, -0.05) is 12.1 Å². The molecule has 2 aromatic rings. The van der Waals surface area contributed by atoms with Crippen molar-refractivity contribution in [3.63, 3.8) is 0 Å². The van der Waals surface area contributed by atoms with Crippen LogP contribution in [-0.4, -0.2) is 22.4 Å². The third kappa shape index (κ3) is 3.30. The first-order valence-electron chi connectivity index (χ1n) is 7.76. The number of benzene rings is 1. The first kappa shape index (κ1) is 20.1. The summed E-state index contributed by atoms with van der Waals surface area (Å²) in [6.07, 6.45) is -10.0. The highest BCUT2D eigenvalue weighted by Gasteiger charge is 2.55. The molecule has 0 radical (unpaired) electrons. The van der Waals surface area contributed by atoms with Crippen LogP contribution in [0.25, 0.3) is 0 Å². The van der Waals surface area contributed by atoms with Crippen LogP contribution in [0.1, 0.15) is 28.5 Å². The third-order valence-corrected chi connectivity index (χ3v) is 4.22. The van der Waals surface area contributed by atoms with Crippen molar-refractivity contribution in [3.8, 4) is 0 Å². The second-order valence-electron chi connectivity index (χ2n) is 6.02. The smallest absolute Gasteiger partial charge is 0.382 e. The Kier molecular flexibility index (Phi) is 4.82. The van der Waals surface area contributed by atoms with Gasteiger partial charge in [0.1, 0.15) is 6.10 Å². The molecule has 11 heteroatoms. The minimum absolute atomic E-state index is 0.121. The SMILES string of the molecule is O=C1N(Cc2ccc(C(F)(F)F)cn2)c2cccc(C(O)C(F)F)c2C1(F)F. The molecule has 0 spiro atoms. The largest absolute Gasteiger partial charge is 0.417 e. The number of anilines is 1. The van der Waals surface area contributed by atoms with Crippen LogP contribution in [0.3, 0.4) is 0 Å². The number of alkyl halides is 7. The maximum absolute atomic E-state index is 14.5. The van der Waals surface area contributed by atoms with Crippen LogP contribution >= 0.6 is 0 Å². The second kappa shape index (κ2) is 6.73. The Morgan fingerprint density at radius 2 is 1.82 bits per heavy atom. The van der Waals surface area contributed by atoms with Crippen LogP contribution < -0.4 is 4.90 Å². The minimum Gasteiger partial charge on any atom is -0.382 e. The highest BCUT2D eigenvalue weighted by Crippen LogP contribution is 2.48. The molecular formula is C17H11F7N2O2. The number of rotatable bonds is 4. The number of aliphatic hydroxyl groups excluding tert-OH is 1. The third-order valence-electron chi connectivity index (χ3n) is 4.22. The van der Waals surface area contributed by atoms with Crippen molar-refractivity contribution in [1.29, 1.82) is 0 Å². The van der Waals surface area contributed by atoms with Gasteiger partial charge in [-0.25, -0.2) is 8.78 Å². The first-order valence-corrected chi connectivity index (χ1v) is 7.76. The monoisotopic (exact) mass is 408 g/mol. The Labute approximate surface area is 153 Å². The van der Waals surface area contributed by atoms with E-state index in [0.717, 1.165) is 24.3 Å². The Hall–Kier alpha value is -2.69. The van der Waals surface area contributed by atoms with Crippen molar-refractivity contribution < 1.29 is 40.6 Å². The highest BCUT2D eigenvalue weighted by atomic mass is 19.4. The molecule has 0 bridgehead atoms. The topological polar surface area (TPSA) is 53.4 Å². The van der Waals surface area contributed by atoms with Crippen molar-refractivity contribution in [2.75, 3.05) is 4.90 Å². The van der Waals surface area contributed by atoms with E-state index in [9.17, 15) is 40.6 Å². The summed E-state index contributed by atoms with van der Waals surface area (Å²) in [5, 5.41) is 9.53. The number of carbonyl (C=O) groups excluding carboxylic acids is 1. The molecule has 28 heavy (non-hydrogen) atoms. The predicted molar refractivity (Wildman–Crippen MR) is 81.7 cm³/mol. The molecule has 1 atom stereocenters. The Balaban J connectivity index is 1.99. The number of nitrogens with zero attached hydrogens (tertiary/aromatic N) is 2. The summed E-state index contributed by atoms with van der Waals surface area (Å²) in [6.45, 7) is -0.603. The summed E-state index contributed by atoms with van der Waals surface area (Å²) in [6, 6.07) is 4.64. The number of fused-ring (bicyclic) bond motifs is 1. The van der Waals surface area contributed by atoms with Gasteiger partial charge in [0, 0.05) is 6.20 Å². The fourth-order valence-corrected chi connectivity index (χ4v) is 2.90. The lowest BCUT2D eigenvalue weighted by molar-refractivity contribution is -0.142. The van der Waals surface area contributed by atoms with Gasteiger partial charge in [0.25, 0.3) is 6.43 Å². The van der Waals surface area contributed by atoms with Crippen molar-refractivity contribution in [3.05, 3.63) is 58.9 Å². The molecule has 150 valence electrons. The van der Waals surface area contributed by atoms with E-state index in [2.05, 4.69) is 4.98 Å². The number of hydrogen-bond acceptors (Lipinski definition) is 3. The van der Waals surface area contributed by atoms with E-state index in [-0.39, 0.29) is 5.69 Å². The van der Waals surface area contributed by atoms with Crippen LogP contribution in [-0.2, 0) is 23.4 Å². The predicted octanol–water partition coefficient (Wildman–Crippen LogP) is 4.04. The Bertz CT molecular complexity index is 897. The van der Waals surface area contributed by atoms with Crippen LogP contribution in [0.4, 0.5) is 36.4 Å². The summed E-state index contributed by atoms with van der Waals surface area (Å²) >= 11 is 0. The maximum Gasteiger partial charge on any atom is 0.417 e. The normalized spacial score (nSPS) is 17.2. The van der Waals surface area contributed by atoms with E-state index in [1.807, 2.05) is 0 Å². The van der Waals surface area contributed by atoms with Crippen LogP contribution in [0.15, 0.2) is 36.5 Å². The quantitative estimate of drug-likeness (QED) is 0.778. The van der Waals surface area contributed by atoms with Gasteiger partial charge < -0.3 is 10.0 Å². The van der Waals surface area contributed by atoms with E-state index < -0.39 is 59.5 Å². The number of aromatic nitrogens is 1. The maximum atomic E-state index is 14.5. The molecule has 1 aromatic heterocycles. The van der Waals surface area contributed by atoms with Crippen LogP contribution in [0.2, 0.25) is 0 Å². The average Bonchev–Trinajstić information content (AvgIpc) is 2.81. The molecular weight excluding hydrogens is 397 g/mol. The van der Waals surface area contributed by atoms with Crippen molar-refractivity contribution in [1.82, 2.24) is 4.98 Å². The first-order chi connectivity index (χ1) is 12.9. The lowest BCUT2D eigenvalue weighted by Crippen LogP contribution is -2.34. The number of amides is 1. The molecule has 4 nitrogen and oxygen atoms in total. The van der Waals surface area contributed by atoms with E-state index in [1.165, 1.54) is 0 Å². The Morgan fingerprint density at radius 3 is 2.36 bits per heavy atom. The van der Waals surface area contributed by atoms with Gasteiger partial charge in [-0.3, -0.25) is 9.78 Å². The van der Waals surface area contributed by atoms with Gasteiger partial charge in [-0.05, 0) is 23.8 Å². The minimum atomic E-state index is -4.64. The van der Waals surface area contributed by atoms with Crippen LogP contribution in [0, 0.1) is 0 Å². The van der Waals surface area contributed by atoms with E-state index in [4.69, 9.17) is 0 Å². The zero-order valence-electron chi connectivity index (χ0n) is 13.7. The van der Waals surface area contributed by atoms with Crippen molar-refractivity contribution in [2.45, 2.75) is 31.2 Å². The highest BCUT2D eigenvalue weighted by molar-refractivity contribution is 6.06. The molecule has 1 aromatic carbocycles. The Morgan fingerprint density at radius 1 is 1.14 bits per heavy atom. The summed E-state index contributed by atoms with van der Waals surface area (Å²) < 4.78 is 92.3. The van der Waals surface area contributed by atoms with Gasteiger partial charge in [-0.15, -0.1) is 0 Å². The molecule has 0 saturated heterocycles. The molecule has 0 saturated carbocycles. The second-order valence-corrected chi connectivity index (χ2v) is 6.02. The molecule has 1 amide bonds. The van der Waals surface area contributed by atoms with E-state index in [0.29, 0.717) is 17.2 Å². The number of aliphatic hydroxyl groups is 1. The number of hydrogen-bond donors (Lipinski definition) is 1. The van der Waals surface area contributed by atoms with Crippen LogP contribution in [0.5, 0.6) is 0 Å². The molecule has 1 aliphatic heterocycles. The summed E-state index contributed by atoms with van der Waals surface area (Å²) in [5.74, 6) is -5.94. The molecule has 2 heterocycles. The van der Waals surface area contributed by atoms with Crippen molar-refractivity contribution >= 4 is 11.6 Å². The molecule has 3 rings (SSSR count). The molecule has 1 N–H and O–H groups in total. The summed E-state index contributed by atoms with van der Waals surface area (Å²) in [7, 11) is 0. The zero-order chi connectivity index (χ0) is 20.9. The van der Waals surface area contributed by atoms with Gasteiger partial charge in [0.2, 0.25) is 0 Å². The van der Waals surface area contributed by atoms with Gasteiger partial charge in [0.15, 0.2) is 0 Å². The summed E-state index contributed by atoms with van der Waals surface area (Å²) in [5.41, 5.74) is -3.45. The standard InChI is InChI=1S/C17H11F7N2O2/c18-14(19)13(27)10-2-1-3-11-12(10)16(20,21)15(28)26(11)7-9-5-4-8(6-25-9)17(22,23)24/h1-6,13-14,27H,7H2. The lowest BCUT2D eigenvalue weighted by Gasteiger charge is -2.18. The molecule has 1 aliphatic rings. The molecule has 1 unspecified atom stereocenters. The fourth-order valence-electron chi connectivity index (χ4n) is 2.90. The number of halogens is 7. The van der Waals surface area contributed by atoms with Gasteiger partial charge in [-0.2, -0.15) is 22.0 Å². The van der Waals surface area contributed by atoms with Gasteiger partial charge in [0.05, 0.1) is 29.1 Å². The lowest BCUT2D eigenvalue weighted by atomic mass is 9.98. The van der Waals surface area contributed by atoms with Crippen molar-refractivity contribution in [2.24, 2.45) is 0 Å². The fraction of sp³-hybridized carbons (Fsp3) is 0.294. The molecule has 0 fully saturated rings. The molecule has 0 aliphatic carbocycles. The average molecular weight is 408 g/mol. The van der Waals surface area contributed by atoms with E-state index in [1.54, 1.807) is 0 Å². The summed E-state index contributed by atoms with van der Waals surface area (Å²) in [4.78, 5) is 16.2. The number of pyridine rings is 1. The van der Waals surface area contributed by atoms with E-state index >= 15 is 0 Å². The van der Waals surface area contributed by atoms with Gasteiger partial charge >= 0.3 is 18.0 Å². The zero-order valence-corrected chi connectivity index (χ0v) is 13.7. The number of carbonyl (C=O) groups is 1.